The molecule has 0 fully saturated rings. The van der Waals surface area contributed by atoms with Crippen molar-refractivity contribution in [2.45, 2.75) is 20.0 Å². The zero-order chi connectivity index (χ0) is 21.8. The van der Waals surface area contributed by atoms with Crippen LogP contribution in [0.1, 0.15) is 24.5 Å². The van der Waals surface area contributed by atoms with Gasteiger partial charge in [0.25, 0.3) is 0 Å². The maximum atomic E-state index is 11.7. The summed E-state index contributed by atoms with van der Waals surface area (Å²) in [5.41, 5.74) is 4.00. The van der Waals surface area contributed by atoms with Gasteiger partial charge < -0.3 is 14.8 Å². The van der Waals surface area contributed by atoms with Gasteiger partial charge in [-0.2, -0.15) is 5.10 Å². The molecular weight excluding hydrogens is 406 g/mol. The van der Waals surface area contributed by atoms with Crippen molar-refractivity contribution in [2.75, 3.05) is 13.2 Å². The third-order valence-electron chi connectivity index (χ3n) is 3.74. The highest BCUT2D eigenvalue weighted by Gasteiger charge is 2.08. The van der Waals surface area contributed by atoms with Crippen LogP contribution in [0.15, 0.2) is 60.2 Å². The molecule has 0 aliphatic carbocycles. The summed E-state index contributed by atoms with van der Waals surface area (Å²) >= 11 is 5.90. The van der Waals surface area contributed by atoms with Gasteiger partial charge in [0.15, 0.2) is 11.5 Å². The number of hydrogen-bond donors (Lipinski definition) is 2. The Morgan fingerprint density at radius 3 is 2.57 bits per heavy atom. The first-order valence-corrected chi connectivity index (χ1v) is 9.73. The SMILES string of the molecule is C=CCNC(=O)CC(=O)N/N=C/c1ccc(OCc2ccc(Cl)cc2)c(OCC)c1. The first-order chi connectivity index (χ1) is 14.5. The van der Waals surface area contributed by atoms with Crippen LogP contribution in [0, 0.1) is 0 Å². The molecule has 0 heterocycles. The summed E-state index contributed by atoms with van der Waals surface area (Å²) in [7, 11) is 0. The van der Waals surface area contributed by atoms with Gasteiger partial charge in [0.1, 0.15) is 13.0 Å². The molecule has 2 aromatic rings. The molecule has 158 valence electrons. The quantitative estimate of drug-likeness (QED) is 0.248. The van der Waals surface area contributed by atoms with Gasteiger partial charge in [0, 0.05) is 11.6 Å². The van der Waals surface area contributed by atoms with Crippen molar-refractivity contribution in [3.8, 4) is 11.5 Å². The average molecular weight is 430 g/mol. The standard InChI is InChI=1S/C22H24ClN3O4/c1-3-11-24-21(27)13-22(28)26-25-14-17-7-10-19(20(12-17)29-4-2)30-15-16-5-8-18(23)9-6-16/h3,5-10,12,14H,1,4,11,13,15H2,2H3,(H,24,27)(H,26,28)/b25-14+. The van der Waals surface area contributed by atoms with Gasteiger partial charge >= 0.3 is 0 Å². The highest BCUT2D eigenvalue weighted by atomic mass is 35.5. The van der Waals surface area contributed by atoms with Crippen molar-refractivity contribution in [2.24, 2.45) is 5.10 Å². The van der Waals surface area contributed by atoms with E-state index in [9.17, 15) is 9.59 Å². The Balaban J connectivity index is 1.95. The van der Waals surface area contributed by atoms with Crippen molar-refractivity contribution >= 4 is 29.6 Å². The van der Waals surface area contributed by atoms with E-state index in [0.717, 1.165) is 5.56 Å². The highest BCUT2D eigenvalue weighted by molar-refractivity contribution is 6.30. The molecule has 0 unspecified atom stereocenters. The summed E-state index contributed by atoms with van der Waals surface area (Å²) in [4.78, 5) is 23.2. The van der Waals surface area contributed by atoms with Gasteiger partial charge in [-0.3, -0.25) is 9.59 Å². The number of carbonyl (C=O) groups excluding carboxylic acids is 2. The Kier molecular flexibility index (Phi) is 9.40. The highest BCUT2D eigenvalue weighted by Crippen LogP contribution is 2.29. The minimum Gasteiger partial charge on any atom is -0.490 e. The van der Waals surface area contributed by atoms with Crippen LogP contribution in [0.25, 0.3) is 0 Å². The lowest BCUT2D eigenvalue weighted by Crippen LogP contribution is -2.29. The fourth-order valence-electron chi connectivity index (χ4n) is 2.35. The summed E-state index contributed by atoms with van der Waals surface area (Å²) in [6.07, 6.45) is 2.69. The van der Waals surface area contributed by atoms with E-state index in [1.165, 1.54) is 12.3 Å². The summed E-state index contributed by atoms with van der Waals surface area (Å²) in [6.45, 7) is 6.51. The molecule has 7 nitrogen and oxygen atoms in total. The lowest BCUT2D eigenvalue weighted by atomic mass is 10.2. The molecule has 0 saturated heterocycles. The molecular formula is C22H24ClN3O4. The number of nitrogens with one attached hydrogen (secondary N) is 2. The maximum absolute atomic E-state index is 11.7. The number of amides is 2. The molecule has 2 rings (SSSR count). The fourth-order valence-corrected chi connectivity index (χ4v) is 2.47. The Morgan fingerprint density at radius 1 is 1.10 bits per heavy atom. The van der Waals surface area contributed by atoms with Crippen molar-refractivity contribution in [1.29, 1.82) is 0 Å². The van der Waals surface area contributed by atoms with Crippen molar-refractivity contribution in [3.63, 3.8) is 0 Å². The number of benzene rings is 2. The van der Waals surface area contributed by atoms with E-state index in [1.54, 1.807) is 30.3 Å². The van der Waals surface area contributed by atoms with E-state index in [0.29, 0.717) is 41.8 Å². The summed E-state index contributed by atoms with van der Waals surface area (Å²) < 4.78 is 11.5. The normalized spacial score (nSPS) is 10.5. The van der Waals surface area contributed by atoms with E-state index in [4.69, 9.17) is 21.1 Å². The Bertz CT molecular complexity index is 898. The zero-order valence-electron chi connectivity index (χ0n) is 16.7. The Hall–Kier alpha value is -3.32. The van der Waals surface area contributed by atoms with Crippen LogP contribution in [-0.2, 0) is 16.2 Å². The molecule has 0 aromatic heterocycles. The number of nitrogens with zero attached hydrogens (tertiary/aromatic N) is 1. The van der Waals surface area contributed by atoms with Crippen LogP contribution in [-0.4, -0.2) is 31.2 Å². The minimum absolute atomic E-state index is 0.308. The first kappa shape index (κ1) is 23.0. The molecule has 0 bridgehead atoms. The molecule has 8 heteroatoms. The first-order valence-electron chi connectivity index (χ1n) is 9.35. The number of hydrogen-bond acceptors (Lipinski definition) is 5. The lowest BCUT2D eigenvalue weighted by Gasteiger charge is -2.12. The second kappa shape index (κ2) is 12.3. The summed E-state index contributed by atoms with van der Waals surface area (Å²) in [5, 5.41) is 7.06. The van der Waals surface area contributed by atoms with E-state index in [-0.39, 0.29) is 6.42 Å². The van der Waals surface area contributed by atoms with Gasteiger partial charge in [0.05, 0.1) is 12.8 Å². The van der Waals surface area contributed by atoms with Crippen molar-refractivity contribution in [1.82, 2.24) is 10.7 Å². The monoisotopic (exact) mass is 429 g/mol. The average Bonchev–Trinajstić information content (AvgIpc) is 2.73. The molecule has 0 radical (unpaired) electrons. The Morgan fingerprint density at radius 2 is 1.87 bits per heavy atom. The van der Waals surface area contributed by atoms with Gasteiger partial charge in [-0.1, -0.05) is 29.8 Å². The van der Waals surface area contributed by atoms with E-state index in [2.05, 4.69) is 22.4 Å². The molecule has 0 aliphatic rings. The second-order valence-corrected chi connectivity index (χ2v) is 6.55. The van der Waals surface area contributed by atoms with Crippen molar-refractivity contribution in [3.05, 3.63) is 71.3 Å². The largest absolute Gasteiger partial charge is 0.490 e. The third-order valence-corrected chi connectivity index (χ3v) is 3.99. The fraction of sp³-hybridized carbons (Fsp3) is 0.227. The van der Waals surface area contributed by atoms with Crippen LogP contribution in [0.5, 0.6) is 11.5 Å². The second-order valence-electron chi connectivity index (χ2n) is 6.12. The zero-order valence-corrected chi connectivity index (χ0v) is 17.4. The van der Waals surface area contributed by atoms with E-state index >= 15 is 0 Å². The molecule has 2 amide bonds. The molecule has 0 spiro atoms. The van der Waals surface area contributed by atoms with Gasteiger partial charge in [-0.15, -0.1) is 6.58 Å². The van der Waals surface area contributed by atoms with E-state index < -0.39 is 11.8 Å². The number of ether oxygens (including phenoxy) is 2. The smallest absolute Gasteiger partial charge is 0.249 e. The molecule has 2 N–H and O–H groups in total. The van der Waals surface area contributed by atoms with Gasteiger partial charge in [-0.25, -0.2) is 5.43 Å². The molecule has 0 saturated carbocycles. The Labute approximate surface area is 180 Å². The number of hydrazone groups is 1. The summed E-state index contributed by atoms with van der Waals surface area (Å²) in [5.74, 6) is 0.238. The van der Waals surface area contributed by atoms with Crippen LogP contribution < -0.4 is 20.2 Å². The van der Waals surface area contributed by atoms with E-state index in [1.807, 2.05) is 19.1 Å². The predicted molar refractivity (Wildman–Crippen MR) is 117 cm³/mol. The van der Waals surface area contributed by atoms with Crippen LogP contribution in [0.2, 0.25) is 5.02 Å². The predicted octanol–water partition coefficient (Wildman–Crippen LogP) is 3.46. The minimum atomic E-state index is -0.513. The number of rotatable bonds is 11. The number of carbonyl (C=O) groups is 2. The third kappa shape index (κ3) is 7.97. The number of halogens is 1. The van der Waals surface area contributed by atoms with Crippen molar-refractivity contribution < 1.29 is 19.1 Å². The molecule has 2 aromatic carbocycles. The summed E-state index contributed by atoms with van der Waals surface area (Å²) in [6, 6.07) is 12.7. The molecule has 0 aliphatic heterocycles. The van der Waals surface area contributed by atoms with Crippen LogP contribution in [0.3, 0.4) is 0 Å². The lowest BCUT2D eigenvalue weighted by molar-refractivity contribution is -0.129. The molecule has 30 heavy (non-hydrogen) atoms. The molecule has 0 atom stereocenters. The van der Waals surface area contributed by atoms with Crippen LogP contribution in [0.4, 0.5) is 0 Å². The van der Waals surface area contributed by atoms with Crippen LogP contribution >= 0.6 is 11.6 Å². The maximum Gasteiger partial charge on any atom is 0.249 e. The topological polar surface area (TPSA) is 89.0 Å². The van der Waals surface area contributed by atoms with Gasteiger partial charge in [-0.05, 0) is 48.4 Å². The van der Waals surface area contributed by atoms with Gasteiger partial charge in [0.2, 0.25) is 11.8 Å².